The topological polar surface area (TPSA) is 97.0 Å². The molecule has 202 valence electrons. The van der Waals surface area contributed by atoms with Crippen molar-refractivity contribution in [2.75, 3.05) is 18.5 Å². The summed E-state index contributed by atoms with van der Waals surface area (Å²) in [5.41, 5.74) is 2.97. The van der Waals surface area contributed by atoms with E-state index in [2.05, 4.69) is 26.6 Å². The van der Waals surface area contributed by atoms with Crippen LogP contribution in [0.1, 0.15) is 23.6 Å². The van der Waals surface area contributed by atoms with Crippen LogP contribution in [0.5, 0.6) is 11.5 Å². The van der Waals surface area contributed by atoms with Gasteiger partial charge in [0, 0.05) is 5.69 Å². The Balaban J connectivity index is 1.49. The van der Waals surface area contributed by atoms with Gasteiger partial charge in [-0.15, -0.1) is 0 Å². The van der Waals surface area contributed by atoms with Crippen molar-refractivity contribution in [3.63, 3.8) is 0 Å². The predicted molar refractivity (Wildman–Crippen MR) is 154 cm³/mol. The molecule has 1 aliphatic heterocycles. The van der Waals surface area contributed by atoms with Crippen LogP contribution >= 0.6 is 39.1 Å². The molecule has 3 aromatic carbocycles. The lowest BCUT2D eigenvalue weighted by Gasteiger charge is -2.15. The largest absolute Gasteiger partial charge is 0.490 e. The van der Waals surface area contributed by atoms with E-state index in [1.54, 1.807) is 42.5 Å². The van der Waals surface area contributed by atoms with Crippen LogP contribution in [0.4, 0.5) is 10.5 Å². The van der Waals surface area contributed by atoms with Crippen molar-refractivity contribution >= 4 is 68.7 Å². The summed E-state index contributed by atoms with van der Waals surface area (Å²) in [4.78, 5) is 38.8. The molecule has 8 nitrogen and oxygen atoms in total. The smallest absolute Gasteiger partial charge is 0.329 e. The van der Waals surface area contributed by atoms with Crippen molar-refractivity contribution in [2.45, 2.75) is 20.5 Å². The molecule has 0 bridgehead atoms. The van der Waals surface area contributed by atoms with Crippen molar-refractivity contribution in [2.24, 2.45) is 0 Å². The first-order valence-corrected chi connectivity index (χ1v) is 13.4. The first kappa shape index (κ1) is 28.5. The first-order chi connectivity index (χ1) is 18.6. The number of anilines is 1. The summed E-state index contributed by atoms with van der Waals surface area (Å²) in [5.74, 6) is -0.213. The average molecular weight is 633 g/mol. The molecule has 1 saturated heterocycles. The summed E-state index contributed by atoms with van der Waals surface area (Å²) in [5, 5.41) is 6.10. The highest BCUT2D eigenvalue weighted by Gasteiger charge is 2.35. The molecule has 1 heterocycles. The third-order valence-electron chi connectivity index (χ3n) is 5.58. The predicted octanol–water partition coefficient (Wildman–Crippen LogP) is 6.57. The van der Waals surface area contributed by atoms with Crippen molar-refractivity contribution in [1.29, 1.82) is 0 Å². The fraction of sp³-hybridized carbons (Fsp3) is 0.179. The van der Waals surface area contributed by atoms with E-state index in [0.29, 0.717) is 43.9 Å². The fourth-order valence-electron chi connectivity index (χ4n) is 3.81. The number of nitrogens with zero attached hydrogens (tertiary/aromatic N) is 1. The van der Waals surface area contributed by atoms with Crippen LogP contribution in [-0.2, 0) is 16.2 Å². The molecule has 1 fully saturated rings. The van der Waals surface area contributed by atoms with Gasteiger partial charge in [-0.2, -0.15) is 0 Å². The second kappa shape index (κ2) is 12.5. The van der Waals surface area contributed by atoms with E-state index in [9.17, 15) is 14.4 Å². The minimum Gasteiger partial charge on any atom is -0.490 e. The molecule has 0 spiro atoms. The van der Waals surface area contributed by atoms with E-state index in [-0.39, 0.29) is 12.3 Å². The molecule has 1 aliphatic rings. The number of carbonyl (C=O) groups excluding carboxylic acids is 3. The van der Waals surface area contributed by atoms with E-state index in [1.807, 2.05) is 26.0 Å². The molecule has 3 aromatic rings. The zero-order valence-corrected chi connectivity index (χ0v) is 24.1. The SMILES string of the molecule is CCOc1cc(/C=C2/NC(=O)N(CC(=O)Nc3cccc(C)c3)C2=O)cc(Br)c1OCc1ccc(Cl)c(Cl)c1. The summed E-state index contributed by atoms with van der Waals surface area (Å²) in [6, 6.07) is 15.2. The lowest BCUT2D eigenvalue weighted by atomic mass is 10.1. The molecule has 0 aromatic heterocycles. The van der Waals surface area contributed by atoms with Gasteiger partial charge < -0.3 is 20.1 Å². The molecule has 0 aliphatic carbocycles. The molecule has 11 heteroatoms. The maximum atomic E-state index is 12.9. The van der Waals surface area contributed by atoms with E-state index in [0.717, 1.165) is 16.0 Å². The Morgan fingerprint density at radius 2 is 1.87 bits per heavy atom. The number of hydrogen-bond acceptors (Lipinski definition) is 5. The highest BCUT2D eigenvalue weighted by atomic mass is 79.9. The molecule has 4 amide bonds. The molecule has 39 heavy (non-hydrogen) atoms. The summed E-state index contributed by atoms with van der Waals surface area (Å²) >= 11 is 15.6. The molecule has 0 saturated carbocycles. The van der Waals surface area contributed by atoms with E-state index in [1.165, 1.54) is 6.08 Å². The van der Waals surface area contributed by atoms with Crippen LogP contribution in [0.2, 0.25) is 10.0 Å². The van der Waals surface area contributed by atoms with Gasteiger partial charge in [-0.3, -0.25) is 9.59 Å². The average Bonchev–Trinajstić information content (AvgIpc) is 3.13. The van der Waals surface area contributed by atoms with Gasteiger partial charge in [0.2, 0.25) is 5.91 Å². The monoisotopic (exact) mass is 631 g/mol. The quantitative estimate of drug-likeness (QED) is 0.205. The van der Waals surface area contributed by atoms with Crippen LogP contribution in [0.15, 0.2) is 64.8 Å². The van der Waals surface area contributed by atoms with E-state index in [4.69, 9.17) is 32.7 Å². The maximum absolute atomic E-state index is 12.9. The zero-order valence-electron chi connectivity index (χ0n) is 21.0. The Morgan fingerprint density at radius 1 is 1.08 bits per heavy atom. The molecule has 0 unspecified atom stereocenters. The highest BCUT2D eigenvalue weighted by molar-refractivity contribution is 9.10. The minimum atomic E-state index is -0.684. The molecule has 0 atom stereocenters. The fourth-order valence-corrected chi connectivity index (χ4v) is 4.70. The van der Waals surface area contributed by atoms with Crippen molar-refractivity contribution in [3.05, 3.63) is 91.5 Å². The van der Waals surface area contributed by atoms with Gasteiger partial charge in [-0.25, -0.2) is 9.69 Å². The Hall–Kier alpha value is -3.53. The van der Waals surface area contributed by atoms with Gasteiger partial charge in [0.05, 0.1) is 21.1 Å². The number of urea groups is 1. The Bertz CT molecular complexity index is 1480. The van der Waals surface area contributed by atoms with Crippen LogP contribution in [0.3, 0.4) is 0 Å². The minimum absolute atomic E-state index is 0.0298. The van der Waals surface area contributed by atoms with E-state index < -0.39 is 24.4 Å². The first-order valence-electron chi connectivity index (χ1n) is 11.9. The number of benzene rings is 3. The summed E-state index contributed by atoms with van der Waals surface area (Å²) in [7, 11) is 0. The van der Waals surface area contributed by atoms with Gasteiger partial charge >= 0.3 is 6.03 Å². The number of hydrogen-bond donors (Lipinski definition) is 2. The van der Waals surface area contributed by atoms with Crippen molar-refractivity contribution in [3.8, 4) is 11.5 Å². The summed E-state index contributed by atoms with van der Waals surface area (Å²) in [6.45, 7) is 3.89. The molecule has 0 radical (unpaired) electrons. The normalized spacial score (nSPS) is 14.0. The number of rotatable bonds is 9. The van der Waals surface area contributed by atoms with Crippen LogP contribution in [-0.4, -0.2) is 35.9 Å². The Morgan fingerprint density at radius 3 is 2.59 bits per heavy atom. The number of aryl methyl sites for hydroxylation is 1. The van der Waals surface area contributed by atoms with Crippen LogP contribution < -0.4 is 20.1 Å². The second-order valence-corrected chi connectivity index (χ2v) is 10.3. The maximum Gasteiger partial charge on any atom is 0.329 e. The number of nitrogens with one attached hydrogen (secondary N) is 2. The molecule has 2 N–H and O–H groups in total. The molecular formula is C28H24BrCl2N3O5. The third-order valence-corrected chi connectivity index (χ3v) is 6.90. The van der Waals surface area contributed by atoms with Crippen LogP contribution in [0, 0.1) is 6.92 Å². The molecular weight excluding hydrogens is 609 g/mol. The van der Waals surface area contributed by atoms with Gasteiger partial charge in [0.25, 0.3) is 5.91 Å². The highest BCUT2D eigenvalue weighted by Crippen LogP contribution is 2.38. The van der Waals surface area contributed by atoms with Gasteiger partial charge in [-0.1, -0.05) is 41.4 Å². The number of halogens is 3. The lowest BCUT2D eigenvalue weighted by molar-refractivity contribution is -0.127. The van der Waals surface area contributed by atoms with Crippen molar-refractivity contribution < 1.29 is 23.9 Å². The number of ether oxygens (including phenoxy) is 2. The number of amides is 4. The van der Waals surface area contributed by atoms with Gasteiger partial charge in [-0.05, 0) is 88.9 Å². The van der Waals surface area contributed by atoms with Gasteiger partial charge in [0.15, 0.2) is 11.5 Å². The lowest BCUT2D eigenvalue weighted by Crippen LogP contribution is -2.38. The molecule has 4 rings (SSSR count). The van der Waals surface area contributed by atoms with Crippen molar-refractivity contribution in [1.82, 2.24) is 10.2 Å². The Kier molecular flexibility index (Phi) is 9.16. The standard InChI is InChI=1S/C28H24BrCl2N3O5/c1-3-38-24-13-18(10-20(29)26(24)39-15-17-7-8-21(30)22(31)11-17)12-23-27(36)34(28(37)33-23)14-25(35)32-19-6-4-5-16(2)9-19/h4-13H,3,14-15H2,1-2H3,(H,32,35)(H,33,37)/b23-12+. The third kappa shape index (κ3) is 7.11. The number of imide groups is 1. The summed E-state index contributed by atoms with van der Waals surface area (Å²) < 4.78 is 12.3. The van der Waals surface area contributed by atoms with Crippen LogP contribution in [0.25, 0.3) is 6.08 Å². The summed E-state index contributed by atoms with van der Waals surface area (Å²) in [6.07, 6.45) is 1.51. The second-order valence-electron chi connectivity index (χ2n) is 8.60. The van der Waals surface area contributed by atoms with E-state index >= 15 is 0 Å². The number of carbonyl (C=O) groups is 3. The Labute approximate surface area is 244 Å². The zero-order chi connectivity index (χ0) is 28.1. The van der Waals surface area contributed by atoms with Gasteiger partial charge in [0.1, 0.15) is 18.8 Å².